The van der Waals surface area contributed by atoms with Crippen molar-refractivity contribution < 1.29 is 4.79 Å². The molecule has 2 aromatic rings. The van der Waals surface area contributed by atoms with Gasteiger partial charge in [0.2, 0.25) is 11.9 Å². The topological polar surface area (TPSA) is 83.0 Å². The summed E-state index contributed by atoms with van der Waals surface area (Å²) in [5.41, 5.74) is 1.01. The largest absolute Gasteiger partial charge is 0.367 e. The van der Waals surface area contributed by atoms with E-state index in [1.807, 2.05) is 44.0 Å². The van der Waals surface area contributed by atoms with Gasteiger partial charge in [0.1, 0.15) is 5.82 Å². The van der Waals surface area contributed by atoms with Gasteiger partial charge in [0, 0.05) is 49.2 Å². The number of hydrogen-bond acceptors (Lipinski definition) is 7. The van der Waals surface area contributed by atoms with Gasteiger partial charge in [-0.25, -0.2) is 15.0 Å². The van der Waals surface area contributed by atoms with Crippen molar-refractivity contribution >= 4 is 29.4 Å². The maximum Gasteiger partial charge on any atom is 0.229 e. The Labute approximate surface area is 169 Å². The SMILES string of the molecule is CSc1cnc(N[C@H]2CC[C@H](Nc3ccc(C4CCN(C)C4=O)cn3)C2)nc1. The fraction of sp³-hybridized carbons (Fsp3) is 0.500. The summed E-state index contributed by atoms with van der Waals surface area (Å²) in [4.78, 5) is 28.3. The molecular formula is C20H26N6OS. The number of amides is 1. The van der Waals surface area contributed by atoms with Crippen LogP contribution in [0.5, 0.6) is 0 Å². The molecule has 2 N–H and O–H groups in total. The molecule has 3 heterocycles. The normalized spacial score (nSPS) is 24.6. The number of likely N-dealkylation sites (tertiary alicyclic amines) is 1. The molecule has 2 aliphatic rings. The summed E-state index contributed by atoms with van der Waals surface area (Å²) >= 11 is 1.64. The van der Waals surface area contributed by atoms with Crippen LogP contribution in [0.4, 0.5) is 11.8 Å². The van der Waals surface area contributed by atoms with Crippen molar-refractivity contribution in [3.8, 4) is 0 Å². The lowest BCUT2D eigenvalue weighted by Gasteiger charge is -2.16. The zero-order chi connectivity index (χ0) is 19.5. The minimum Gasteiger partial charge on any atom is -0.367 e. The van der Waals surface area contributed by atoms with E-state index in [4.69, 9.17) is 0 Å². The molecule has 1 saturated carbocycles. The van der Waals surface area contributed by atoms with Crippen LogP contribution >= 0.6 is 11.8 Å². The fourth-order valence-corrected chi connectivity index (χ4v) is 4.28. The second-order valence-electron chi connectivity index (χ2n) is 7.52. The number of nitrogens with one attached hydrogen (secondary N) is 2. The van der Waals surface area contributed by atoms with Gasteiger partial charge in [-0.05, 0) is 43.6 Å². The maximum absolute atomic E-state index is 12.2. The summed E-state index contributed by atoms with van der Waals surface area (Å²) in [6, 6.07) is 4.76. The molecule has 148 valence electrons. The molecule has 2 aromatic heterocycles. The second-order valence-corrected chi connectivity index (χ2v) is 8.40. The van der Waals surface area contributed by atoms with Crippen LogP contribution in [0.25, 0.3) is 0 Å². The van der Waals surface area contributed by atoms with Crippen molar-refractivity contribution in [3.05, 3.63) is 36.3 Å². The average Bonchev–Trinajstić information content (AvgIpc) is 3.30. The molecule has 4 rings (SSSR count). The van der Waals surface area contributed by atoms with Crippen LogP contribution in [-0.2, 0) is 4.79 Å². The van der Waals surface area contributed by atoms with Gasteiger partial charge in [0.25, 0.3) is 0 Å². The quantitative estimate of drug-likeness (QED) is 0.724. The Morgan fingerprint density at radius 3 is 2.39 bits per heavy atom. The minimum atomic E-state index is -0.0379. The van der Waals surface area contributed by atoms with E-state index < -0.39 is 0 Å². The van der Waals surface area contributed by atoms with Crippen molar-refractivity contribution in [2.75, 3.05) is 30.5 Å². The summed E-state index contributed by atoms with van der Waals surface area (Å²) < 4.78 is 0. The van der Waals surface area contributed by atoms with Crippen LogP contribution in [-0.4, -0.2) is 57.7 Å². The number of thioether (sulfide) groups is 1. The lowest BCUT2D eigenvalue weighted by molar-refractivity contribution is -0.127. The molecule has 0 bridgehead atoms. The third-order valence-electron chi connectivity index (χ3n) is 5.60. The number of carbonyl (C=O) groups is 1. The molecule has 1 amide bonds. The van der Waals surface area contributed by atoms with Gasteiger partial charge >= 0.3 is 0 Å². The van der Waals surface area contributed by atoms with E-state index in [1.54, 1.807) is 16.7 Å². The van der Waals surface area contributed by atoms with E-state index in [-0.39, 0.29) is 11.8 Å². The Bertz CT molecular complexity index is 812. The Balaban J connectivity index is 1.29. The zero-order valence-electron chi connectivity index (χ0n) is 16.3. The smallest absolute Gasteiger partial charge is 0.229 e. The van der Waals surface area contributed by atoms with Gasteiger partial charge in [-0.15, -0.1) is 11.8 Å². The van der Waals surface area contributed by atoms with Crippen molar-refractivity contribution in [1.82, 2.24) is 19.9 Å². The number of pyridine rings is 1. The number of likely N-dealkylation sites (N-methyl/N-ethyl adjacent to an activating group) is 1. The summed E-state index contributed by atoms with van der Waals surface area (Å²) in [6.45, 7) is 0.823. The van der Waals surface area contributed by atoms with Gasteiger partial charge in [-0.1, -0.05) is 6.07 Å². The Hall–Kier alpha value is -2.35. The maximum atomic E-state index is 12.2. The van der Waals surface area contributed by atoms with E-state index in [0.29, 0.717) is 18.0 Å². The first-order valence-electron chi connectivity index (χ1n) is 9.72. The lowest BCUT2D eigenvalue weighted by Crippen LogP contribution is -2.22. The molecule has 1 saturated heterocycles. The number of aromatic nitrogens is 3. The second kappa shape index (κ2) is 8.34. The van der Waals surface area contributed by atoms with E-state index in [2.05, 4.69) is 25.6 Å². The Kier molecular flexibility index (Phi) is 5.66. The molecule has 0 spiro atoms. The predicted molar refractivity (Wildman–Crippen MR) is 112 cm³/mol. The molecular weight excluding hydrogens is 372 g/mol. The van der Waals surface area contributed by atoms with E-state index in [0.717, 1.165) is 48.5 Å². The first kappa shape index (κ1) is 19.0. The first-order valence-corrected chi connectivity index (χ1v) is 10.9. The van der Waals surface area contributed by atoms with Crippen LogP contribution in [0.2, 0.25) is 0 Å². The Morgan fingerprint density at radius 1 is 1.04 bits per heavy atom. The standard InChI is InChI=1S/C20H26N6OS/c1-26-8-7-17(19(26)27)13-3-6-18(21-10-13)24-14-4-5-15(9-14)25-20-22-11-16(28-2)12-23-20/h3,6,10-12,14-15,17H,4-5,7-9H2,1-2H3,(H,21,24)(H,22,23,25)/t14-,15-,17?/m0/s1. The van der Waals surface area contributed by atoms with Crippen LogP contribution in [0, 0.1) is 0 Å². The monoisotopic (exact) mass is 398 g/mol. The van der Waals surface area contributed by atoms with Gasteiger partial charge in [0.05, 0.1) is 5.92 Å². The number of carbonyl (C=O) groups excluding carboxylic acids is 1. The van der Waals surface area contributed by atoms with Crippen molar-refractivity contribution in [2.24, 2.45) is 0 Å². The molecule has 3 atom stereocenters. The highest BCUT2D eigenvalue weighted by Crippen LogP contribution is 2.29. The van der Waals surface area contributed by atoms with Crippen molar-refractivity contribution in [2.45, 2.75) is 48.6 Å². The highest BCUT2D eigenvalue weighted by atomic mass is 32.2. The minimum absolute atomic E-state index is 0.0379. The third kappa shape index (κ3) is 4.22. The van der Waals surface area contributed by atoms with Crippen LogP contribution in [0.15, 0.2) is 35.6 Å². The fourth-order valence-electron chi connectivity index (χ4n) is 3.96. The van der Waals surface area contributed by atoms with Crippen LogP contribution < -0.4 is 10.6 Å². The predicted octanol–water partition coefficient (Wildman–Crippen LogP) is 2.98. The summed E-state index contributed by atoms with van der Waals surface area (Å²) in [6.07, 6.45) is 11.6. The highest BCUT2D eigenvalue weighted by molar-refractivity contribution is 7.98. The molecule has 0 aromatic carbocycles. The van der Waals surface area contributed by atoms with Gasteiger partial charge in [-0.3, -0.25) is 4.79 Å². The highest BCUT2D eigenvalue weighted by Gasteiger charge is 2.30. The Morgan fingerprint density at radius 2 is 1.79 bits per heavy atom. The molecule has 1 aliphatic carbocycles. The number of nitrogens with zero attached hydrogens (tertiary/aromatic N) is 4. The molecule has 2 fully saturated rings. The number of anilines is 2. The first-order chi connectivity index (χ1) is 13.6. The summed E-state index contributed by atoms with van der Waals surface area (Å²) in [5, 5.41) is 6.95. The lowest BCUT2D eigenvalue weighted by atomic mass is 10.00. The summed E-state index contributed by atoms with van der Waals surface area (Å²) in [5.74, 6) is 1.72. The number of rotatable bonds is 6. The number of hydrogen-bond donors (Lipinski definition) is 2. The van der Waals surface area contributed by atoms with Crippen LogP contribution in [0.3, 0.4) is 0 Å². The third-order valence-corrected chi connectivity index (χ3v) is 6.28. The average molecular weight is 399 g/mol. The van der Waals surface area contributed by atoms with E-state index >= 15 is 0 Å². The van der Waals surface area contributed by atoms with Gasteiger partial charge < -0.3 is 15.5 Å². The van der Waals surface area contributed by atoms with Crippen molar-refractivity contribution in [1.29, 1.82) is 0 Å². The molecule has 8 heteroatoms. The van der Waals surface area contributed by atoms with Gasteiger partial charge in [0.15, 0.2) is 0 Å². The van der Waals surface area contributed by atoms with Crippen LogP contribution in [0.1, 0.15) is 37.2 Å². The zero-order valence-corrected chi connectivity index (χ0v) is 17.1. The molecule has 1 unspecified atom stereocenters. The molecule has 0 radical (unpaired) electrons. The van der Waals surface area contributed by atoms with E-state index in [1.165, 1.54) is 0 Å². The van der Waals surface area contributed by atoms with Gasteiger partial charge in [-0.2, -0.15) is 0 Å². The molecule has 1 aliphatic heterocycles. The molecule has 7 nitrogen and oxygen atoms in total. The van der Waals surface area contributed by atoms with E-state index in [9.17, 15) is 4.79 Å². The van der Waals surface area contributed by atoms with Crippen molar-refractivity contribution in [3.63, 3.8) is 0 Å². The summed E-state index contributed by atoms with van der Waals surface area (Å²) in [7, 11) is 1.86. The molecule has 28 heavy (non-hydrogen) atoms.